The first kappa shape index (κ1) is 21.2. The lowest BCUT2D eigenvalue weighted by Crippen LogP contribution is -2.33. The van der Waals surface area contributed by atoms with E-state index in [0.29, 0.717) is 0 Å². The number of rotatable bonds is 5. The Labute approximate surface area is 155 Å². The fourth-order valence-corrected chi connectivity index (χ4v) is 2.45. The summed E-state index contributed by atoms with van der Waals surface area (Å²) in [6.45, 7) is -0.447. The van der Waals surface area contributed by atoms with Gasteiger partial charge in [-0.2, -0.15) is 4.98 Å². The Balaban J connectivity index is 0.000000300. The van der Waals surface area contributed by atoms with Gasteiger partial charge in [-0.25, -0.2) is 4.98 Å². The van der Waals surface area contributed by atoms with Crippen LogP contribution in [0.2, 0.25) is 0 Å². The largest absolute Gasteiger partial charge is 0.481 e. The number of aliphatic hydroxyl groups excluding tert-OH is 3. The van der Waals surface area contributed by atoms with Crippen LogP contribution in [-0.4, -0.2) is 81.9 Å². The molecule has 14 heteroatoms. The lowest BCUT2D eigenvalue weighted by atomic mass is 10.1. The minimum absolute atomic E-state index is 0.0388. The number of H-pyrrole nitrogens is 1. The first-order chi connectivity index (χ1) is 13.1. The number of carbonyl (C=O) groups is 2. The van der Waals surface area contributed by atoms with Crippen molar-refractivity contribution < 1.29 is 39.9 Å². The molecule has 28 heavy (non-hydrogen) atoms. The molecule has 1 fully saturated rings. The number of anilines is 1. The van der Waals surface area contributed by atoms with E-state index in [1.165, 1.54) is 10.9 Å². The molecular weight excluding hydrogens is 382 g/mol. The molecule has 1 saturated heterocycles. The van der Waals surface area contributed by atoms with Gasteiger partial charge < -0.3 is 36.0 Å². The molecule has 0 spiro atoms. The Morgan fingerprint density at radius 2 is 1.82 bits per heavy atom. The predicted molar refractivity (Wildman–Crippen MR) is 90.1 cm³/mol. The average Bonchev–Trinajstić information content (AvgIpc) is 3.15. The number of hydrogen-bond acceptors (Lipinski definition) is 10. The van der Waals surface area contributed by atoms with Gasteiger partial charge in [-0.15, -0.1) is 0 Å². The molecule has 2 aromatic heterocycles. The maximum Gasteiger partial charge on any atom is 0.303 e. The second-order valence-corrected chi connectivity index (χ2v) is 5.79. The van der Waals surface area contributed by atoms with Crippen LogP contribution in [-0.2, 0) is 14.3 Å². The number of aliphatic carboxylic acids is 2. The number of hydrogen-bond donors (Lipinski definition) is 7. The molecular formula is C14H19N5O9. The Morgan fingerprint density at radius 1 is 1.21 bits per heavy atom. The summed E-state index contributed by atoms with van der Waals surface area (Å²) in [6.07, 6.45) is -3.81. The van der Waals surface area contributed by atoms with Crippen LogP contribution in [0.3, 0.4) is 0 Å². The summed E-state index contributed by atoms with van der Waals surface area (Å²) in [4.78, 5) is 41.0. The molecule has 0 bridgehead atoms. The topological polar surface area (TPSA) is 234 Å². The summed E-state index contributed by atoms with van der Waals surface area (Å²) < 4.78 is 6.64. The smallest absolute Gasteiger partial charge is 0.303 e. The van der Waals surface area contributed by atoms with Crippen LogP contribution in [0, 0.1) is 0 Å². The third-order valence-electron chi connectivity index (χ3n) is 3.79. The van der Waals surface area contributed by atoms with Crippen molar-refractivity contribution in [3.63, 3.8) is 0 Å². The Hall–Kier alpha value is -3.07. The molecule has 14 nitrogen and oxygen atoms in total. The summed E-state index contributed by atoms with van der Waals surface area (Å²) in [7, 11) is 0. The monoisotopic (exact) mass is 401 g/mol. The molecule has 154 valence electrons. The number of aromatic amines is 1. The van der Waals surface area contributed by atoms with Crippen LogP contribution in [0.5, 0.6) is 0 Å². The number of ether oxygens (including phenoxy) is 1. The third-order valence-corrected chi connectivity index (χ3v) is 3.79. The highest BCUT2D eigenvalue weighted by Gasteiger charge is 2.44. The minimum atomic E-state index is -1.29. The van der Waals surface area contributed by atoms with E-state index in [0.717, 1.165) is 0 Å². The second kappa shape index (κ2) is 8.75. The number of aromatic nitrogens is 4. The van der Waals surface area contributed by atoms with Crippen LogP contribution < -0.4 is 11.3 Å². The fraction of sp³-hybridized carbons (Fsp3) is 0.500. The Morgan fingerprint density at radius 3 is 2.32 bits per heavy atom. The first-order valence-electron chi connectivity index (χ1n) is 7.94. The summed E-state index contributed by atoms with van der Waals surface area (Å²) in [5.74, 6) is -2.25. The summed E-state index contributed by atoms with van der Waals surface area (Å²) in [6, 6.07) is 0. The maximum atomic E-state index is 11.7. The Bertz CT molecular complexity index is 896. The predicted octanol–water partition coefficient (Wildman–Crippen LogP) is -2.75. The van der Waals surface area contributed by atoms with Crippen molar-refractivity contribution in [3.05, 3.63) is 16.7 Å². The molecule has 0 radical (unpaired) electrons. The maximum absolute atomic E-state index is 11.7. The number of aliphatic hydroxyl groups is 3. The summed E-state index contributed by atoms with van der Waals surface area (Å²) in [5, 5.41) is 44.5. The van der Waals surface area contributed by atoms with Crippen LogP contribution >= 0.6 is 0 Å². The van der Waals surface area contributed by atoms with Crippen molar-refractivity contribution >= 4 is 29.1 Å². The molecule has 0 aromatic carbocycles. The highest BCUT2D eigenvalue weighted by molar-refractivity contribution is 5.75. The highest BCUT2D eigenvalue weighted by atomic mass is 16.6. The summed E-state index contributed by atoms with van der Waals surface area (Å²) >= 11 is 0. The van der Waals surface area contributed by atoms with Gasteiger partial charge in [0.05, 0.1) is 25.8 Å². The Kier molecular flexibility index (Phi) is 6.63. The number of nitrogens with one attached hydrogen (secondary N) is 1. The van der Waals surface area contributed by atoms with Gasteiger partial charge in [0.15, 0.2) is 17.4 Å². The molecule has 0 aliphatic carbocycles. The van der Waals surface area contributed by atoms with Crippen LogP contribution in [0.4, 0.5) is 5.95 Å². The highest BCUT2D eigenvalue weighted by Crippen LogP contribution is 2.30. The zero-order valence-corrected chi connectivity index (χ0v) is 14.3. The quantitative estimate of drug-likeness (QED) is 0.270. The third kappa shape index (κ3) is 4.61. The van der Waals surface area contributed by atoms with E-state index >= 15 is 0 Å². The van der Waals surface area contributed by atoms with Crippen molar-refractivity contribution in [2.45, 2.75) is 37.4 Å². The molecule has 2 aromatic rings. The van der Waals surface area contributed by atoms with E-state index in [4.69, 9.17) is 25.8 Å². The molecule has 8 N–H and O–H groups in total. The lowest BCUT2D eigenvalue weighted by Gasteiger charge is -2.16. The standard InChI is InChI=1S/C10H13N5O5.C4H6O4/c11-10-13-7-4(8(19)14-10)12-2-15(7)9-6(18)5(17)3(1-16)20-9;5-3(6)1-2-4(7)8/h2-3,5-6,9,16-18H,1H2,(H3,11,13,14,19);1-2H2,(H,5,6)(H,7,8)/t3-,5-,6-,9-;/m1./s1. The number of carboxylic acids is 2. The molecule has 0 saturated carbocycles. The number of imidazole rings is 1. The van der Waals surface area contributed by atoms with Crippen LogP contribution in [0.15, 0.2) is 11.1 Å². The van der Waals surface area contributed by atoms with Gasteiger partial charge in [-0.3, -0.25) is 23.9 Å². The van der Waals surface area contributed by atoms with Crippen LogP contribution in [0.1, 0.15) is 19.1 Å². The zero-order chi connectivity index (χ0) is 21.0. The van der Waals surface area contributed by atoms with Crippen molar-refractivity contribution in [2.24, 2.45) is 0 Å². The molecule has 0 amide bonds. The number of fused-ring (bicyclic) bond motifs is 1. The molecule has 4 atom stereocenters. The van der Waals surface area contributed by atoms with Gasteiger partial charge in [0.2, 0.25) is 5.95 Å². The lowest BCUT2D eigenvalue weighted by molar-refractivity contribution is -0.143. The molecule has 0 unspecified atom stereocenters. The normalized spacial score (nSPS) is 24.0. The van der Waals surface area contributed by atoms with Gasteiger partial charge in [0, 0.05) is 0 Å². The fourth-order valence-electron chi connectivity index (χ4n) is 2.45. The average molecular weight is 401 g/mol. The second-order valence-electron chi connectivity index (χ2n) is 5.79. The van der Waals surface area contributed by atoms with Crippen molar-refractivity contribution in [3.8, 4) is 0 Å². The number of nitrogens with two attached hydrogens (primary N) is 1. The van der Waals surface area contributed by atoms with Crippen molar-refractivity contribution in [1.82, 2.24) is 19.5 Å². The van der Waals surface area contributed by atoms with Gasteiger partial charge in [0.25, 0.3) is 5.56 Å². The molecule has 3 heterocycles. The van der Waals surface area contributed by atoms with E-state index in [1.54, 1.807) is 0 Å². The van der Waals surface area contributed by atoms with E-state index in [-0.39, 0.29) is 30.0 Å². The van der Waals surface area contributed by atoms with Gasteiger partial charge >= 0.3 is 11.9 Å². The zero-order valence-electron chi connectivity index (χ0n) is 14.3. The van der Waals surface area contributed by atoms with Gasteiger partial charge in [-0.05, 0) is 0 Å². The van der Waals surface area contributed by atoms with Crippen molar-refractivity contribution in [2.75, 3.05) is 12.3 Å². The van der Waals surface area contributed by atoms with E-state index in [1.807, 2.05) is 0 Å². The van der Waals surface area contributed by atoms with E-state index in [2.05, 4.69) is 15.0 Å². The number of nitrogens with zero attached hydrogens (tertiary/aromatic N) is 3. The number of carboxylic acid groups (broad SMARTS) is 2. The molecule has 3 rings (SSSR count). The first-order valence-corrected chi connectivity index (χ1v) is 7.94. The van der Waals surface area contributed by atoms with E-state index < -0.39 is 48.6 Å². The van der Waals surface area contributed by atoms with Crippen molar-refractivity contribution in [1.29, 1.82) is 0 Å². The van der Waals surface area contributed by atoms with Gasteiger partial charge in [0.1, 0.15) is 18.3 Å². The summed E-state index contributed by atoms with van der Waals surface area (Å²) in [5.41, 5.74) is 5.12. The number of nitrogen functional groups attached to an aromatic ring is 1. The van der Waals surface area contributed by atoms with E-state index in [9.17, 15) is 24.6 Å². The minimum Gasteiger partial charge on any atom is -0.481 e. The van der Waals surface area contributed by atoms with Crippen LogP contribution in [0.25, 0.3) is 11.2 Å². The molecule has 1 aliphatic rings. The molecule has 1 aliphatic heterocycles. The van der Waals surface area contributed by atoms with Gasteiger partial charge in [-0.1, -0.05) is 0 Å². The SMILES string of the molecule is Nc1nc2c(ncn2[C@@H]2O[C@H](CO)[C@@H](O)[C@H]2O)c(=O)[nH]1.O=C(O)CCC(=O)O.